The Morgan fingerprint density at radius 1 is 0.375 bits per heavy atom. The Morgan fingerprint density at radius 2 is 0.896 bits per heavy atom. The van der Waals surface area contributed by atoms with Gasteiger partial charge >= 0.3 is 0 Å². The molecule has 8 aromatic rings. The second kappa shape index (κ2) is 13.1. The number of ether oxygens (including phenoxy) is 1. The lowest BCUT2D eigenvalue weighted by molar-refractivity contribution is 0.483. The summed E-state index contributed by atoms with van der Waals surface area (Å²) in [6.45, 7) is 0. The molecular formula is C45H32N2O. The Labute approximate surface area is 281 Å². The van der Waals surface area contributed by atoms with E-state index >= 15 is 0 Å². The molecule has 0 aliphatic heterocycles. The first-order chi connectivity index (χ1) is 23.8. The maximum Gasteiger partial charge on any atom is 0.127 e. The number of hydrogen-bond donors (Lipinski definition) is 0. The zero-order chi connectivity index (χ0) is 32.1. The van der Waals surface area contributed by atoms with E-state index in [4.69, 9.17) is 4.74 Å². The van der Waals surface area contributed by atoms with Crippen molar-refractivity contribution in [3.63, 3.8) is 0 Å². The predicted octanol–water partition coefficient (Wildman–Crippen LogP) is 12.5. The van der Waals surface area contributed by atoms with Crippen molar-refractivity contribution in [3.8, 4) is 44.9 Å². The second-order valence-electron chi connectivity index (χ2n) is 11.7. The normalized spacial score (nSPS) is 10.9. The summed E-state index contributed by atoms with van der Waals surface area (Å²) >= 11 is 0. The van der Waals surface area contributed by atoms with E-state index in [1.54, 1.807) is 0 Å². The zero-order valence-corrected chi connectivity index (χ0v) is 26.3. The number of pyridine rings is 1. The molecule has 3 heteroatoms. The van der Waals surface area contributed by atoms with Gasteiger partial charge in [-0.2, -0.15) is 0 Å². The van der Waals surface area contributed by atoms with Crippen LogP contribution < -0.4 is 9.64 Å². The van der Waals surface area contributed by atoms with E-state index in [1.165, 1.54) is 33.0 Å². The van der Waals surface area contributed by atoms with Gasteiger partial charge in [-0.05, 0) is 123 Å². The molecule has 8 rings (SSSR count). The van der Waals surface area contributed by atoms with E-state index in [0.29, 0.717) is 0 Å². The fraction of sp³-hybridized carbons (Fsp3) is 0. The number of hydrogen-bond acceptors (Lipinski definition) is 3. The van der Waals surface area contributed by atoms with E-state index in [-0.39, 0.29) is 0 Å². The van der Waals surface area contributed by atoms with Crippen molar-refractivity contribution < 1.29 is 4.74 Å². The molecule has 0 aliphatic carbocycles. The fourth-order valence-electron chi connectivity index (χ4n) is 6.22. The molecule has 0 saturated heterocycles. The molecule has 0 N–H and O–H groups in total. The first-order valence-corrected chi connectivity index (χ1v) is 16.1. The smallest absolute Gasteiger partial charge is 0.127 e. The molecule has 0 aliphatic rings. The number of aromatic nitrogens is 1. The molecule has 3 nitrogen and oxygen atoms in total. The fourth-order valence-corrected chi connectivity index (χ4v) is 6.22. The van der Waals surface area contributed by atoms with Gasteiger partial charge < -0.3 is 9.64 Å². The van der Waals surface area contributed by atoms with Crippen molar-refractivity contribution in [1.29, 1.82) is 0 Å². The van der Waals surface area contributed by atoms with Gasteiger partial charge in [0.2, 0.25) is 0 Å². The van der Waals surface area contributed by atoms with E-state index in [0.717, 1.165) is 39.7 Å². The van der Waals surface area contributed by atoms with Crippen molar-refractivity contribution in [1.82, 2.24) is 4.98 Å². The number of nitrogens with zero attached hydrogens (tertiary/aromatic N) is 2. The van der Waals surface area contributed by atoms with Gasteiger partial charge in [0.05, 0.1) is 0 Å². The van der Waals surface area contributed by atoms with Crippen LogP contribution >= 0.6 is 0 Å². The largest absolute Gasteiger partial charge is 0.457 e. The average molecular weight is 617 g/mol. The van der Waals surface area contributed by atoms with Gasteiger partial charge in [-0.1, -0.05) is 103 Å². The van der Waals surface area contributed by atoms with Gasteiger partial charge in [-0.25, -0.2) is 0 Å². The van der Waals surface area contributed by atoms with Gasteiger partial charge in [0.15, 0.2) is 0 Å². The Balaban J connectivity index is 1.13. The molecule has 1 heterocycles. The van der Waals surface area contributed by atoms with Crippen LogP contribution in [-0.2, 0) is 0 Å². The summed E-state index contributed by atoms with van der Waals surface area (Å²) in [7, 11) is 0. The minimum atomic E-state index is 0.792. The molecule has 0 spiro atoms. The maximum atomic E-state index is 6.09. The molecule has 1 aromatic heterocycles. The monoisotopic (exact) mass is 616 g/mol. The topological polar surface area (TPSA) is 25.4 Å². The van der Waals surface area contributed by atoms with Gasteiger partial charge in [0, 0.05) is 29.5 Å². The van der Waals surface area contributed by atoms with Crippen LogP contribution in [-0.4, -0.2) is 4.98 Å². The minimum absolute atomic E-state index is 0.792. The molecular weight excluding hydrogens is 585 g/mol. The van der Waals surface area contributed by atoms with Crippen LogP contribution in [0.5, 0.6) is 11.5 Å². The third kappa shape index (κ3) is 6.05. The summed E-state index contributed by atoms with van der Waals surface area (Å²) in [5.74, 6) is 1.61. The van der Waals surface area contributed by atoms with E-state index in [2.05, 4.69) is 137 Å². The predicted molar refractivity (Wildman–Crippen MR) is 199 cm³/mol. The molecule has 228 valence electrons. The van der Waals surface area contributed by atoms with Crippen LogP contribution in [0.2, 0.25) is 0 Å². The SMILES string of the molecule is c1ccc(Oc2ccc(N(c3ccc(-c4ccncc4)cc3)c3ccc(-c4ccc5c(-c6ccccc6)cccc5c4)cc3)cc2)cc1. The van der Waals surface area contributed by atoms with E-state index < -0.39 is 0 Å². The molecule has 0 saturated carbocycles. The number of rotatable bonds is 8. The van der Waals surface area contributed by atoms with Crippen LogP contribution in [0.15, 0.2) is 194 Å². The first kappa shape index (κ1) is 29.0. The summed E-state index contributed by atoms with van der Waals surface area (Å²) in [5, 5.41) is 2.48. The van der Waals surface area contributed by atoms with Crippen molar-refractivity contribution in [2.45, 2.75) is 0 Å². The molecule has 0 fully saturated rings. The maximum absolute atomic E-state index is 6.09. The quantitative estimate of drug-likeness (QED) is 0.170. The summed E-state index contributed by atoms with van der Waals surface area (Å²) in [4.78, 5) is 6.45. The number of anilines is 3. The first-order valence-electron chi connectivity index (χ1n) is 16.1. The standard InChI is InChI=1S/C45H32N2O/c1-3-8-36(9-4-1)44-13-7-10-38-32-37(18-27-45(38)44)34-16-21-40(22-17-34)47(39-19-14-33(15-20-39)35-28-30-46-31-29-35)41-23-25-43(26-24-41)48-42-11-5-2-6-12-42/h1-32H. The molecule has 48 heavy (non-hydrogen) atoms. The Bertz CT molecular complexity index is 2270. The summed E-state index contributed by atoms with van der Waals surface area (Å²) in [6, 6.07) is 63.6. The summed E-state index contributed by atoms with van der Waals surface area (Å²) in [6.07, 6.45) is 3.65. The van der Waals surface area contributed by atoms with E-state index in [1.807, 2.05) is 67.0 Å². The van der Waals surface area contributed by atoms with Crippen LogP contribution in [0, 0.1) is 0 Å². The third-order valence-electron chi connectivity index (χ3n) is 8.64. The van der Waals surface area contributed by atoms with Crippen molar-refractivity contribution in [3.05, 3.63) is 194 Å². The van der Waals surface area contributed by atoms with E-state index in [9.17, 15) is 0 Å². The Kier molecular flexibility index (Phi) is 7.92. The molecule has 0 unspecified atom stereocenters. The molecule has 7 aromatic carbocycles. The molecule has 0 atom stereocenters. The zero-order valence-electron chi connectivity index (χ0n) is 26.3. The molecule has 0 amide bonds. The van der Waals surface area contributed by atoms with Crippen molar-refractivity contribution in [2.24, 2.45) is 0 Å². The average Bonchev–Trinajstić information content (AvgIpc) is 3.17. The number of para-hydroxylation sites is 1. The van der Waals surface area contributed by atoms with Crippen LogP contribution in [0.25, 0.3) is 44.2 Å². The highest BCUT2D eigenvalue weighted by atomic mass is 16.5. The van der Waals surface area contributed by atoms with Crippen LogP contribution in [0.3, 0.4) is 0 Å². The number of benzene rings is 7. The van der Waals surface area contributed by atoms with Crippen LogP contribution in [0.1, 0.15) is 0 Å². The number of fused-ring (bicyclic) bond motifs is 1. The second-order valence-corrected chi connectivity index (χ2v) is 11.7. The summed E-state index contributed by atoms with van der Waals surface area (Å²) < 4.78 is 6.09. The van der Waals surface area contributed by atoms with Gasteiger partial charge in [0.25, 0.3) is 0 Å². The summed E-state index contributed by atoms with van der Waals surface area (Å²) in [5.41, 5.74) is 10.3. The minimum Gasteiger partial charge on any atom is -0.457 e. The lowest BCUT2D eigenvalue weighted by Crippen LogP contribution is -2.09. The van der Waals surface area contributed by atoms with Gasteiger partial charge in [-0.15, -0.1) is 0 Å². The highest BCUT2D eigenvalue weighted by Gasteiger charge is 2.14. The van der Waals surface area contributed by atoms with Crippen molar-refractivity contribution in [2.75, 3.05) is 4.90 Å². The highest BCUT2D eigenvalue weighted by molar-refractivity contribution is 5.98. The molecule has 0 bridgehead atoms. The lowest BCUT2D eigenvalue weighted by Gasteiger charge is -2.26. The Morgan fingerprint density at radius 3 is 1.54 bits per heavy atom. The molecule has 0 radical (unpaired) electrons. The highest BCUT2D eigenvalue weighted by Crippen LogP contribution is 2.38. The Hall–Kier alpha value is -6.45. The van der Waals surface area contributed by atoms with Gasteiger partial charge in [-0.3, -0.25) is 4.98 Å². The lowest BCUT2D eigenvalue weighted by atomic mass is 9.95. The van der Waals surface area contributed by atoms with Gasteiger partial charge in [0.1, 0.15) is 11.5 Å². The third-order valence-corrected chi connectivity index (χ3v) is 8.64. The van der Waals surface area contributed by atoms with Crippen molar-refractivity contribution >= 4 is 27.8 Å². The van der Waals surface area contributed by atoms with Crippen LogP contribution in [0.4, 0.5) is 17.1 Å².